The maximum atomic E-state index is 12.9. The van der Waals surface area contributed by atoms with Crippen LogP contribution in [0.15, 0.2) is 85.1 Å². The van der Waals surface area contributed by atoms with E-state index < -0.39 is 6.10 Å². The van der Waals surface area contributed by atoms with E-state index in [1.54, 1.807) is 0 Å². The highest BCUT2D eigenvalue weighted by atomic mass is 16.6. The van der Waals surface area contributed by atoms with Gasteiger partial charge in [-0.15, -0.1) is 0 Å². The molecule has 0 aromatic rings. The van der Waals surface area contributed by atoms with Crippen LogP contribution in [0.3, 0.4) is 0 Å². The van der Waals surface area contributed by atoms with Crippen molar-refractivity contribution in [2.75, 3.05) is 13.2 Å². The Bertz CT molecular complexity index is 1320. The van der Waals surface area contributed by atoms with Crippen LogP contribution < -0.4 is 0 Å². The molecule has 0 aliphatic heterocycles. The monoisotopic (exact) mass is 947 g/mol. The zero-order valence-electron chi connectivity index (χ0n) is 44.6. The fourth-order valence-electron chi connectivity index (χ4n) is 7.86. The molecular formula is C62H106O6. The second-order valence-corrected chi connectivity index (χ2v) is 18.8. The third kappa shape index (κ3) is 53.5. The molecule has 0 aromatic heterocycles. The second-order valence-electron chi connectivity index (χ2n) is 18.8. The topological polar surface area (TPSA) is 78.9 Å². The molecule has 0 N–H and O–H groups in total. The van der Waals surface area contributed by atoms with Gasteiger partial charge in [0.1, 0.15) is 13.2 Å². The number of carbonyl (C=O) groups is 3. The molecule has 0 aromatic carbocycles. The van der Waals surface area contributed by atoms with Crippen molar-refractivity contribution in [2.24, 2.45) is 0 Å². The van der Waals surface area contributed by atoms with Gasteiger partial charge in [-0.2, -0.15) is 0 Å². The molecule has 0 amide bonds. The standard InChI is InChI=1S/C62H106O6/c1-4-7-10-13-16-19-22-25-27-29-31-33-34-37-40-43-46-49-52-55-61(64)67-58-59(57-66-60(63)54-51-48-45-42-39-36-24-21-18-15-12-9-6-3)68-62(65)56-53-50-47-44-41-38-35-32-30-28-26-23-20-17-14-11-8-5-2/h7,10,12,15-16,19,21,24-25,27,31,33,37,40,59H,4-6,8-9,11,13-14,17-18,20,22-23,26,28-30,32,34-36,38-39,41-58H2,1-3H3/b10-7-,15-12-,19-16-,24-21-,27-25-,33-31-,40-37-. The van der Waals surface area contributed by atoms with Crippen LogP contribution in [0.2, 0.25) is 0 Å². The highest BCUT2D eigenvalue weighted by molar-refractivity contribution is 5.71. The number of unbranched alkanes of at least 4 members (excludes halogenated alkanes) is 26. The lowest BCUT2D eigenvalue weighted by atomic mass is 10.0. The smallest absolute Gasteiger partial charge is 0.306 e. The van der Waals surface area contributed by atoms with E-state index in [9.17, 15) is 14.4 Å². The van der Waals surface area contributed by atoms with E-state index in [2.05, 4.69) is 106 Å². The Labute approximate surface area is 420 Å². The molecule has 0 rings (SSSR count). The van der Waals surface area contributed by atoms with Gasteiger partial charge in [-0.25, -0.2) is 0 Å². The first-order valence-corrected chi connectivity index (χ1v) is 28.6. The van der Waals surface area contributed by atoms with Gasteiger partial charge in [0.2, 0.25) is 0 Å². The summed E-state index contributed by atoms with van der Waals surface area (Å²) in [5.41, 5.74) is 0. The maximum Gasteiger partial charge on any atom is 0.306 e. The molecule has 0 heterocycles. The van der Waals surface area contributed by atoms with Gasteiger partial charge in [0.15, 0.2) is 6.10 Å². The van der Waals surface area contributed by atoms with E-state index in [0.29, 0.717) is 19.3 Å². The SMILES string of the molecule is CC/C=C\C/C=C\C/C=C\C/C=C\C/C=C\CCCCCC(=O)OCC(COC(=O)CCCCCCC/C=C\C/C=C\CCC)OC(=O)CCCCCCCCCCCCCCCCCCCC. The number of ether oxygens (including phenoxy) is 3. The molecule has 6 heteroatoms. The first kappa shape index (κ1) is 64.6. The minimum Gasteiger partial charge on any atom is -0.462 e. The van der Waals surface area contributed by atoms with Gasteiger partial charge in [-0.3, -0.25) is 14.4 Å². The van der Waals surface area contributed by atoms with Gasteiger partial charge in [-0.1, -0.05) is 247 Å². The summed E-state index contributed by atoms with van der Waals surface area (Å²) in [6.45, 7) is 6.44. The highest BCUT2D eigenvalue weighted by Gasteiger charge is 2.19. The lowest BCUT2D eigenvalue weighted by Crippen LogP contribution is -2.30. The van der Waals surface area contributed by atoms with Crippen molar-refractivity contribution in [3.63, 3.8) is 0 Å². The summed E-state index contributed by atoms with van der Waals surface area (Å²) < 4.78 is 16.8. The Balaban J connectivity index is 4.43. The third-order valence-electron chi connectivity index (χ3n) is 12.1. The Hall–Kier alpha value is -3.41. The quantitative estimate of drug-likeness (QED) is 0.0262. The lowest BCUT2D eigenvalue weighted by molar-refractivity contribution is -0.167. The van der Waals surface area contributed by atoms with Gasteiger partial charge < -0.3 is 14.2 Å². The number of hydrogen-bond acceptors (Lipinski definition) is 6. The molecule has 68 heavy (non-hydrogen) atoms. The first-order chi connectivity index (χ1) is 33.5. The minimum atomic E-state index is -0.795. The van der Waals surface area contributed by atoms with Crippen LogP contribution in [0.1, 0.15) is 271 Å². The summed E-state index contributed by atoms with van der Waals surface area (Å²) in [6.07, 6.45) is 72.9. The predicted molar refractivity (Wildman–Crippen MR) is 293 cm³/mol. The van der Waals surface area contributed by atoms with Gasteiger partial charge in [0, 0.05) is 19.3 Å². The van der Waals surface area contributed by atoms with Crippen molar-refractivity contribution in [1.29, 1.82) is 0 Å². The van der Waals surface area contributed by atoms with Gasteiger partial charge in [0.25, 0.3) is 0 Å². The van der Waals surface area contributed by atoms with Crippen molar-refractivity contribution in [3.05, 3.63) is 85.1 Å². The third-order valence-corrected chi connectivity index (χ3v) is 12.1. The zero-order chi connectivity index (χ0) is 49.3. The number of hydrogen-bond donors (Lipinski definition) is 0. The van der Waals surface area contributed by atoms with Crippen molar-refractivity contribution >= 4 is 17.9 Å². The van der Waals surface area contributed by atoms with Crippen LogP contribution in [0.4, 0.5) is 0 Å². The Morgan fingerprint density at radius 2 is 0.603 bits per heavy atom. The highest BCUT2D eigenvalue weighted by Crippen LogP contribution is 2.16. The molecular weight excluding hydrogens is 841 g/mol. The van der Waals surface area contributed by atoms with Crippen molar-refractivity contribution in [2.45, 2.75) is 277 Å². The number of rotatable bonds is 51. The van der Waals surface area contributed by atoms with E-state index in [1.807, 2.05) is 0 Å². The van der Waals surface area contributed by atoms with E-state index in [0.717, 1.165) is 128 Å². The number of carbonyl (C=O) groups excluding carboxylic acids is 3. The predicted octanol–water partition coefficient (Wildman–Crippen LogP) is 19.2. The van der Waals surface area contributed by atoms with Crippen molar-refractivity contribution < 1.29 is 28.6 Å². The van der Waals surface area contributed by atoms with Crippen LogP contribution in [0.25, 0.3) is 0 Å². The van der Waals surface area contributed by atoms with E-state index in [4.69, 9.17) is 14.2 Å². The van der Waals surface area contributed by atoms with Crippen molar-refractivity contribution in [3.8, 4) is 0 Å². The molecule has 1 atom stereocenters. The van der Waals surface area contributed by atoms with Gasteiger partial charge in [0.05, 0.1) is 0 Å². The molecule has 0 saturated heterocycles. The normalized spacial score (nSPS) is 12.7. The Morgan fingerprint density at radius 3 is 0.971 bits per heavy atom. The van der Waals surface area contributed by atoms with Gasteiger partial charge >= 0.3 is 17.9 Å². The molecule has 0 aliphatic carbocycles. The molecule has 0 bridgehead atoms. The summed E-state index contributed by atoms with van der Waals surface area (Å²) >= 11 is 0. The van der Waals surface area contributed by atoms with Crippen LogP contribution in [-0.2, 0) is 28.6 Å². The van der Waals surface area contributed by atoms with Crippen LogP contribution in [0, 0.1) is 0 Å². The lowest BCUT2D eigenvalue weighted by Gasteiger charge is -2.18. The van der Waals surface area contributed by atoms with Crippen LogP contribution in [0.5, 0.6) is 0 Å². The molecule has 390 valence electrons. The fourth-order valence-corrected chi connectivity index (χ4v) is 7.86. The average molecular weight is 948 g/mol. The summed E-state index contributed by atoms with van der Waals surface area (Å²) in [4.78, 5) is 38.1. The molecule has 0 saturated carbocycles. The molecule has 0 spiro atoms. The van der Waals surface area contributed by atoms with E-state index in [1.165, 1.54) is 103 Å². The molecule has 0 fully saturated rings. The molecule has 0 radical (unpaired) electrons. The first-order valence-electron chi connectivity index (χ1n) is 28.6. The van der Waals surface area contributed by atoms with Crippen molar-refractivity contribution in [1.82, 2.24) is 0 Å². The number of allylic oxidation sites excluding steroid dienone is 14. The van der Waals surface area contributed by atoms with Gasteiger partial charge in [-0.05, 0) is 89.9 Å². The maximum absolute atomic E-state index is 12.9. The second kappa shape index (κ2) is 56.2. The molecule has 0 aliphatic rings. The van der Waals surface area contributed by atoms with E-state index in [-0.39, 0.29) is 31.1 Å². The Kier molecular flexibility index (Phi) is 53.4. The Morgan fingerprint density at radius 1 is 0.309 bits per heavy atom. The zero-order valence-corrected chi connectivity index (χ0v) is 44.6. The van der Waals surface area contributed by atoms with Crippen LogP contribution >= 0.6 is 0 Å². The largest absolute Gasteiger partial charge is 0.462 e. The van der Waals surface area contributed by atoms with Crippen LogP contribution in [-0.4, -0.2) is 37.2 Å². The summed E-state index contributed by atoms with van der Waals surface area (Å²) in [5.74, 6) is -0.932. The fraction of sp³-hybridized carbons (Fsp3) is 0.726. The molecule has 6 nitrogen and oxygen atoms in total. The summed E-state index contributed by atoms with van der Waals surface area (Å²) in [5, 5.41) is 0. The number of esters is 3. The minimum absolute atomic E-state index is 0.0931. The molecule has 1 unspecified atom stereocenters. The summed E-state index contributed by atoms with van der Waals surface area (Å²) in [6, 6.07) is 0. The summed E-state index contributed by atoms with van der Waals surface area (Å²) in [7, 11) is 0. The average Bonchev–Trinajstić information content (AvgIpc) is 3.34. The van der Waals surface area contributed by atoms with E-state index >= 15 is 0 Å².